The van der Waals surface area contributed by atoms with Crippen molar-refractivity contribution in [3.8, 4) is 11.3 Å². The van der Waals surface area contributed by atoms with E-state index in [0.717, 1.165) is 0 Å². The fourth-order valence-corrected chi connectivity index (χ4v) is 1.83. The molecule has 3 rings (SSSR count). The minimum Gasteiger partial charge on any atom is -0.368 e. The van der Waals surface area contributed by atoms with Crippen molar-refractivity contribution in [3.63, 3.8) is 0 Å². The van der Waals surface area contributed by atoms with Crippen molar-refractivity contribution in [1.29, 1.82) is 0 Å². The Morgan fingerprint density at radius 2 is 2.21 bits per heavy atom. The molecule has 8 nitrogen and oxygen atoms in total. The van der Waals surface area contributed by atoms with E-state index in [2.05, 4.69) is 19.9 Å². The zero-order chi connectivity index (χ0) is 13.4. The second-order valence-electron chi connectivity index (χ2n) is 3.85. The van der Waals surface area contributed by atoms with Gasteiger partial charge in [0.05, 0.1) is 10.6 Å². The van der Waals surface area contributed by atoms with Crippen LogP contribution in [0.25, 0.3) is 22.3 Å². The molecule has 0 saturated heterocycles. The van der Waals surface area contributed by atoms with Gasteiger partial charge in [0.2, 0.25) is 5.95 Å². The van der Waals surface area contributed by atoms with Crippen LogP contribution in [-0.2, 0) is 0 Å². The molecule has 0 unspecified atom stereocenters. The Labute approximate surface area is 106 Å². The zero-order valence-electron chi connectivity index (χ0n) is 9.57. The summed E-state index contributed by atoms with van der Waals surface area (Å²) in [5.74, 6) is 0.144. The van der Waals surface area contributed by atoms with Crippen molar-refractivity contribution in [2.45, 2.75) is 0 Å². The minimum atomic E-state index is -0.489. The summed E-state index contributed by atoms with van der Waals surface area (Å²) in [6, 6.07) is 3.13. The summed E-state index contributed by atoms with van der Waals surface area (Å²) >= 11 is 0. The summed E-state index contributed by atoms with van der Waals surface area (Å²) in [5, 5.41) is 11.4. The number of nitrogen functional groups attached to an aromatic ring is 1. The first-order chi connectivity index (χ1) is 9.15. The normalized spacial score (nSPS) is 10.7. The topological polar surface area (TPSA) is 124 Å². The van der Waals surface area contributed by atoms with Crippen LogP contribution in [0.2, 0.25) is 0 Å². The van der Waals surface area contributed by atoms with Gasteiger partial charge in [0.1, 0.15) is 11.8 Å². The molecule has 3 N–H and O–H groups in total. The summed E-state index contributed by atoms with van der Waals surface area (Å²) in [7, 11) is 0. The van der Waals surface area contributed by atoms with E-state index in [1.54, 1.807) is 12.3 Å². The molecular weight excluding hydrogens is 248 g/mol. The van der Waals surface area contributed by atoms with Crippen LogP contribution in [0.5, 0.6) is 0 Å². The molecule has 0 amide bonds. The third-order valence-corrected chi connectivity index (χ3v) is 2.68. The van der Waals surface area contributed by atoms with Gasteiger partial charge in [-0.1, -0.05) is 0 Å². The Morgan fingerprint density at radius 3 is 2.95 bits per heavy atom. The van der Waals surface area contributed by atoms with Gasteiger partial charge in [-0.2, -0.15) is 0 Å². The van der Waals surface area contributed by atoms with Crippen LogP contribution in [0.1, 0.15) is 0 Å². The van der Waals surface area contributed by atoms with Gasteiger partial charge >= 0.3 is 0 Å². The molecule has 0 fully saturated rings. The molecule has 0 aliphatic carbocycles. The molecular formula is C11H8N6O2. The largest absolute Gasteiger partial charge is 0.368 e. The first-order valence-electron chi connectivity index (χ1n) is 5.35. The molecule has 3 heterocycles. The van der Waals surface area contributed by atoms with Crippen LogP contribution in [0.4, 0.5) is 11.6 Å². The van der Waals surface area contributed by atoms with E-state index in [0.29, 0.717) is 22.3 Å². The van der Waals surface area contributed by atoms with E-state index in [1.807, 2.05) is 0 Å². The van der Waals surface area contributed by atoms with Gasteiger partial charge in [0.15, 0.2) is 0 Å². The average molecular weight is 256 g/mol. The predicted molar refractivity (Wildman–Crippen MR) is 68.2 cm³/mol. The van der Waals surface area contributed by atoms with Crippen molar-refractivity contribution < 1.29 is 4.92 Å². The molecule has 94 valence electrons. The van der Waals surface area contributed by atoms with Crippen LogP contribution in [0.3, 0.4) is 0 Å². The van der Waals surface area contributed by atoms with Gasteiger partial charge in [-0.3, -0.25) is 10.1 Å². The summed E-state index contributed by atoms with van der Waals surface area (Å²) in [6.07, 6.45) is 4.42. The molecule has 0 atom stereocenters. The highest BCUT2D eigenvalue weighted by Gasteiger charge is 2.13. The quantitative estimate of drug-likeness (QED) is 0.529. The second kappa shape index (κ2) is 4.02. The highest BCUT2D eigenvalue weighted by Crippen LogP contribution is 2.28. The molecule has 0 bridgehead atoms. The van der Waals surface area contributed by atoms with Crippen LogP contribution >= 0.6 is 0 Å². The van der Waals surface area contributed by atoms with Crippen LogP contribution < -0.4 is 5.73 Å². The maximum atomic E-state index is 10.8. The number of rotatable bonds is 2. The van der Waals surface area contributed by atoms with Crippen molar-refractivity contribution in [1.82, 2.24) is 19.9 Å². The number of nitrogens with two attached hydrogens (primary N) is 1. The van der Waals surface area contributed by atoms with Crippen molar-refractivity contribution in [3.05, 3.63) is 40.8 Å². The van der Waals surface area contributed by atoms with Crippen molar-refractivity contribution >= 4 is 22.7 Å². The molecule has 3 aromatic rings. The number of nitrogens with zero attached hydrogens (tertiary/aromatic N) is 4. The Hall–Kier alpha value is -3.03. The smallest absolute Gasteiger partial charge is 0.288 e. The number of nitrogens with one attached hydrogen (secondary N) is 1. The molecule has 0 radical (unpaired) electrons. The predicted octanol–water partition coefficient (Wildman–Crippen LogP) is 1.51. The molecule has 19 heavy (non-hydrogen) atoms. The van der Waals surface area contributed by atoms with E-state index in [1.165, 1.54) is 18.5 Å². The molecule has 0 spiro atoms. The summed E-state index contributed by atoms with van der Waals surface area (Å²) < 4.78 is 0. The van der Waals surface area contributed by atoms with Crippen LogP contribution in [0.15, 0.2) is 30.7 Å². The molecule has 0 aliphatic heterocycles. The number of aromatic nitrogens is 4. The van der Waals surface area contributed by atoms with Crippen molar-refractivity contribution in [2.75, 3.05) is 5.73 Å². The van der Waals surface area contributed by atoms with E-state index in [-0.39, 0.29) is 11.6 Å². The second-order valence-corrected chi connectivity index (χ2v) is 3.85. The number of nitro groups is 1. The molecule has 3 aromatic heterocycles. The van der Waals surface area contributed by atoms with E-state index < -0.39 is 4.92 Å². The molecule has 0 aromatic carbocycles. The number of anilines is 1. The van der Waals surface area contributed by atoms with Gasteiger partial charge in [-0.15, -0.1) is 0 Å². The number of hydrogen-bond donors (Lipinski definition) is 2. The van der Waals surface area contributed by atoms with Gasteiger partial charge in [-0.05, 0) is 6.07 Å². The lowest BCUT2D eigenvalue weighted by Crippen LogP contribution is -1.95. The van der Waals surface area contributed by atoms with E-state index >= 15 is 0 Å². The number of H-pyrrole nitrogens is 1. The highest BCUT2D eigenvalue weighted by atomic mass is 16.6. The van der Waals surface area contributed by atoms with Crippen LogP contribution in [0, 0.1) is 10.1 Å². The van der Waals surface area contributed by atoms with Gasteiger partial charge in [0, 0.05) is 29.4 Å². The van der Waals surface area contributed by atoms with E-state index in [4.69, 9.17) is 5.73 Å². The number of hydrogen-bond acceptors (Lipinski definition) is 6. The van der Waals surface area contributed by atoms with Gasteiger partial charge in [-0.25, -0.2) is 15.0 Å². The summed E-state index contributed by atoms with van der Waals surface area (Å²) in [6.45, 7) is 0. The molecule has 0 aliphatic rings. The maximum Gasteiger partial charge on any atom is 0.288 e. The van der Waals surface area contributed by atoms with Crippen LogP contribution in [-0.4, -0.2) is 24.9 Å². The number of aromatic amines is 1. The number of fused-ring (bicyclic) bond motifs is 1. The lowest BCUT2D eigenvalue weighted by atomic mass is 10.1. The Kier molecular flexibility index (Phi) is 2.34. The third-order valence-electron chi connectivity index (χ3n) is 2.68. The zero-order valence-corrected chi connectivity index (χ0v) is 9.57. The van der Waals surface area contributed by atoms with E-state index in [9.17, 15) is 10.1 Å². The lowest BCUT2D eigenvalue weighted by molar-refractivity contribution is -0.385. The summed E-state index contributed by atoms with van der Waals surface area (Å²) in [5.41, 5.74) is 7.29. The highest BCUT2D eigenvalue weighted by molar-refractivity contribution is 5.93. The Morgan fingerprint density at radius 1 is 1.37 bits per heavy atom. The monoisotopic (exact) mass is 256 g/mol. The fourth-order valence-electron chi connectivity index (χ4n) is 1.83. The molecule has 8 heteroatoms. The Balaban J connectivity index is 2.24. The van der Waals surface area contributed by atoms with Crippen molar-refractivity contribution in [2.24, 2.45) is 0 Å². The van der Waals surface area contributed by atoms with Gasteiger partial charge in [0.25, 0.3) is 5.69 Å². The van der Waals surface area contributed by atoms with Gasteiger partial charge < -0.3 is 10.7 Å². The number of pyridine rings is 1. The SMILES string of the molecule is Nc1nccc(-c2c[nH]c3ncc([N+](=O)[O-])cc23)n1. The standard InChI is InChI=1S/C11H8N6O2/c12-11-13-2-1-9(16-11)8-5-15-10-7(8)3-6(4-14-10)17(18)19/h1-5H,(H,14,15)(H2,12,13,16). The molecule has 0 saturated carbocycles. The minimum absolute atomic E-state index is 0.0737. The lowest BCUT2D eigenvalue weighted by Gasteiger charge is -1.99. The first kappa shape index (κ1) is 11.1. The summed E-state index contributed by atoms with van der Waals surface area (Å²) in [4.78, 5) is 25.1. The third kappa shape index (κ3) is 1.84. The maximum absolute atomic E-state index is 10.8. The first-order valence-corrected chi connectivity index (χ1v) is 5.35. The average Bonchev–Trinajstić information content (AvgIpc) is 2.81. The fraction of sp³-hybridized carbons (Fsp3) is 0. The Bertz CT molecular complexity index is 782.